The number of rotatable bonds is 5. The molecule has 0 atom stereocenters. The summed E-state index contributed by atoms with van der Waals surface area (Å²) in [5.41, 5.74) is 1.56. The van der Waals surface area contributed by atoms with E-state index in [9.17, 15) is 18.0 Å². The Labute approximate surface area is 185 Å². The van der Waals surface area contributed by atoms with E-state index in [0.29, 0.717) is 17.7 Å². The topological polar surface area (TPSA) is 45.2 Å². The molecule has 0 spiro atoms. The number of carbonyl (C=O) groups excluding carboxylic acids is 1. The fourth-order valence-electron chi connectivity index (χ4n) is 3.95. The van der Waals surface area contributed by atoms with E-state index in [1.807, 2.05) is 30.3 Å². The van der Waals surface area contributed by atoms with Crippen molar-refractivity contribution in [1.82, 2.24) is 4.98 Å². The molecule has 7 heteroatoms. The molecule has 1 fully saturated rings. The number of alkyl halides is 3. The van der Waals surface area contributed by atoms with Gasteiger partial charge in [0.2, 0.25) is 5.91 Å². The number of piperidine rings is 1. The zero-order valence-corrected chi connectivity index (χ0v) is 18.0. The van der Waals surface area contributed by atoms with Crippen LogP contribution in [0.3, 0.4) is 0 Å². The van der Waals surface area contributed by atoms with Crippen LogP contribution in [0.15, 0.2) is 54.6 Å². The van der Waals surface area contributed by atoms with E-state index in [1.54, 1.807) is 0 Å². The molecule has 0 unspecified atom stereocenters. The standard InChI is InChI=1S/C25H26F3N3O/c1-17-12-14-31(15-13-17)23-10-5-19-16-21(8-9-22(19)30-23)29-24(32)11-4-18-2-6-20(7-3-18)25(26,27)28/h2-3,5-10,16-17H,4,11-15H2,1H3,(H,29,32). The highest BCUT2D eigenvalue weighted by atomic mass is 19.4. The van der Waals surface area contributed by atoms with Crippen LogP contribution < -0.4 is 10.2 Å². The summed E-state index contributed by atoms with van der Waals surface area (Å²) >= 11 is 0. The van der Waals surface area contributed by atoms with Crippen molar-refractivity contribution in [2.75, 3.05) is 23.3 Å². The number of hydrogen-bond acceptors (Lipinski definition) is 3. The minimum absolute atomic E-state index is 0.184. The fourth-order valence-corrected chi connectivity index (χ4v) is 3.95. The molecular formula is C25H26F3N3O. The minimum Gasteiger partial charge on any atom is -0.357 e. The summed E-state index contributed by atoms with van der Waals surface area (Å²) in [6.07, 6.45) is -1.44. The molecule has 32 heavy (non-hydrogen) atoms. The van der Waals surface area contributed by atoms with Crippen LogP contribution in [0.25, 0.3) is 10.9 Å². The molecule has 0 radical (unpaired) electrons. The Morgan fingerprint density at radius 3 is 2.47 bits per heavy atom. The summed E-state index contributed by atoms with van der Waals surface area (Å²) in [6, 6.07) is 14.6. The van der Waals surface area contributed by atoms with Gasteiger partial charge in [-0.15, -0.1) is 0 Å². The van der Waals surface area contributed by atoms with Gasteiger partial charge in [0.1, 0.15) is 5.82 Å². The predicted octanol–water partition coefficient (Wildman–Crippen LogP) is 6.06. The van der Waals surface area contributed by atoms with Gasteiger partial charge in [-0.05, 0) is 73.2 Å². The van der Waals surface area contributed by atoms with Gasteiger partial charge < -0.3 is 10.2 Å². The van der Waals surface area contributed by atoms with Gasteiger partial charge in [-0.1, -0.05) is 19.1 Å². The van der Waals surface area contributed by atoms with Crippen LogP contribution in [0.2, 0.25) is 0 Å². The molecule has 1 aromatic heterocycles. The van der Waals surface area contributed by atoms with E-state index in [0.717, 1.165) is 47.9 Å². The van der Waals surface area contributed by atoms with Crippen LogP contribution in [-0.2, 0) is 17.4 Å². The number of anilines is 2. The van der Waals surface area contributed by atoms with Gasteiger partial charge in [0.15, 0.2) is 0 Å². The summed E-state index contributed by atoms with van der Waals surface area (Å²) in [6.45, 7) is 4.32. The number of benzene rings is 2. The molecule has 4 rings (SSSR count). The first-order chi connectivity index (χ1) is 15.3. The number of aryl methyl sites for hydroxylation is 1. The van der Waals surface area contributed by atoms with Crippen molar-refractivity contribution in [3.63, 3.8) is 0 Å². The van der Waals surface area contributed by atoms with Gasteiger partial charge in [0.25, 0.3) is 0 Å². The quantitative estimate of drug-likeness (QED) is 0.523. The molecule has 1 aliphatic heterocycles. The summed E-state index contributed by atoms with van der Waals surface area (Å²) in [4.78, 5) is 19.4. The number of nitrogens with one attached hydrogen (secondary N) is 1. The van der Waals surface area contributed by atoms with Gasteiger partial charge >= 0.3 is 6.18 Å². The lowest BCUT2D eigenvalue weighted by Gasteiger charge is -2.31. The second kappa shape index (κ2) is 9.18. The molecule has 0 aliphatic carbocycles. The third-order valence-electron chi connectivity index (χ3n) is 5.99. The third-order valence-corrected chi connectivity index (χ3v) is 5.99. The van der Waals surface area contributed by atoms with Crippen LogP contribution in [0.5, 0.6) is 0 Å². The highest BCUT2D eigenvalue weighted by Gasteiger charge is 2.29. The maximum absolute atomic E-state index is 12.6. The monoisotopic (exact) mass is 441 g/mol. The molecule has 1 saturated heterocycles. The summed E-state index contributed by atoms with van der Waals surface area (Å²) in [5.74, 6) is 1.56. The van der Waals surface area contributed by atoms with Crippen LogP contribution in [0, 0.1) is 5.92 Å². The zero-order valence-electron chi connectivity index (χ0n) is 18.0. The lowest BCUT2D eigenvalue weighted by atomic mass is 9.99. The molecule has 2 aromatic carbocycles. The summed E-state index contributed by atoms with van der Waals surface area (Å²) in [7, 11) is 0. The Hall–Kier alpha value is -3.09. The lowest BCUT2D eigenvalue weighted by Crippen LogP contribution is -2.33. The molecule has 2 heterocycles. The SMILES string of the molecule is CC1CCN(c2ccc3cc(NC(=O)CCc4ccc(C(F)(F)F)cc4)ccc3n2)CC1. The van der Waals surface area contributed by atoms with Crippen LogP contribution >= 0.6 is 0 Å². The van der Waals surface area contributed by atoms with Crippen molar-refractivity contribution >= 4 is 28.3 Å². The normalized spacial score (nSPS) is 15.2. The molecule has 168 valence electrons. The summed E-state index contributed by atoms with van der Waals surface area (Å²) in [5, 5.41) is 3.81. The second-order valence-electron chi connectivity index (χ2n) is 8.49. The number of halogens is 3. The zero-order chi connectivity index (χ0) is 22.7. The number of amides is 1. The Morgan fingerprint density at radius 1 is 1.06 bits per heavy atom. The van der Waals surface area contributed by atoms with Gasteiger partial charge in [-0.3, -0.25) is 4.79 Å². The fraction of sp³-hybridized carbons (Fsp3) is 0.360. The first kappa shape index (κ1) is 22.1. The number of hydrogen-bond donors (Lipinski definition) is 1. The maximum atomic E-state index is 12.6. The highest BCUT2D eigenvalue weighted by Crippen LogP contribution is 2.29. The first-order valence-corrected chi connectivity index (χ1v) is 10.9. The highest BCUT2D eigenvalue weighted by molar-refractivity contribution is 5.94. The van der Waals surface area contributed by atoms with Crippen molar-refractivity contribution in [3.8, 4) is 0 Å². The Kier molecular flexibility index (Phi) is 6.35. The van der Waals surface area contributed by atoms with E-state index in [4.69, 9.17) is 4.98 Å². The number of fused-ring (bicyclic) bond motifs is 1. The van der Waals surface area contributed by atoms with E-state index in [1.165, 1.54) is 25.0 Å². The Morgan fingerprint density at radius 2 is 1.78 bits per heavy atom. The number of pyridine rings is 1. The van der Waals surface area contributed by atoms with Gasteiger partial charge in [-0.25, -0.2) is 4.98 Å². The Balaban J connectivity index is 1.35. The van der Waals surface area contributed by atoms with E-state index in [-0.39, 0.29) is 12.3 Å². The van der Waals surface area contributed by atoms with Crippen molar-refractivity contribution in [1.29, 1.82) is 0 Å². The predicted molar refractivity (Wildman–Crippen MR) is 121 cm³/mol. The van der Waals surface area contributed by atoms with Gasteiger partial charge in [-0.2, -0.15) is 13.2 Å². The molecular weight excluding hydrogens is 415 g/mol. The third kappa shape index (κ3) is 5.39. The van der Waals surface area contributed by atoms with Crippen molar-refractivity contribution < 1.29 is 18.0 Å². The van der Waals surface area contributed by atoms with E-state index in [2.05, 4.69) is 17.1 Å². The van der Waals surface area contributed by atoms with Crippen LogP contribution in [0.1, 0.15) is 37.3 Å². The van der Waals surface area contributed by atoms with Crippen molar-refractivity contribution in [2.45, 2.75) is 38.8 Å². The molecule has 4 nitrogen and oxygen atoms in total. The average Bonchev–Trinajstić information content (AvgIpc) is 2.77. The van der Waals surface area contributed by atoms with Gasteiger partial charge in [0, 0.05) is 30.6 Å². The van der Waals surface area contributed by atoms with E-state index >= 15 is 0 Å². The number of aromatic nitrogens is 1. The molecule has 3 aromatic rings. The smallest absolute Gasteiger partial charge is 0.357 e. The first-order valence-electron chi connectivity index (χ1n) is 10.9. The Bertz CT molecular complexity index is 1090. The van der Waals surface area contributed by atoms with Crippen LogP contribution in [-0.4, -0.2) is 24.0 Å². The lowest BCUT2D eigenvalue weighted by molar-refractivity contribution is -0.137. The van der Waals surface area contributed by atoms with Gasteiger partial charge in [0.05, 0.1) is 11.1 Å². The summed E-state index contributed by atoms with van der Waals surface area (Å²) < 4.78 is 37.9. The average molecular weight is 441 g/mol. The molecule has 1 amide bonds. The molecule has 1 N–H and O–H groups in total. The van der Waals surface area contributed by atoms with Crippen LogP contribution in [0.4, 0.5) is 24.7 Å². The molecule has 0 bridgehead atoms. The van der Waals surface area contributed by atoms with E-state index < -0.39 is 11.7 Å². The minimum atomic E-state index is -4.35. The molecule has 1 aliphatic rings. The maximum Gasteiger partial charge on any atom is 0.416 e. The van der Waals surface area contributed by atoms with Crippen molar-refractivity contribution in [3.05, 3.63) is 65.7 Å². The number of carbonyl (C=O) groups is 1. The second-order valence-corrected chi connectivity index (χ2v) is 8.49. The van der Waals surface area contributed by atoms with Crippen molar-refractivity contribution in [2.24, 2.45) is 5.92 Å². The number of nitrogens with zero attached hydrogens (tertiary/aromatic N) is 2. The largest absolute Gasteiger partial charge is 0.416 e. The molecule has 0 saturated carbocycles.